The molecule has 1 amide bonds. The first-order chi connectivity index (χ1) is 10.1. The first-order valence-electron chi connectivity index (χ1n) is 6.05. The summed E-state index contributed by atoms with van der Waals surface area (Å²) in [6.45, 7) is 0. The minimum absolute atomic E-state index is 0.132. The molecular formula is C15H12BrNO4. The van der Waals surface area contributed by atoms with Crippen molar-refractivity contribution in [3.8, 4) is 11.5 Å². The van der Waals surface area contributed by atoms with Gasteiger partial charge in [-0.05, 0) is 48.5 Å². The van der Waals surface area contributed by atoms with Crippen LogP contribution in [0.5, 0.6) is 11.5 Å². The van der Waals surface area contributed by atoms with Crippen LogP contribution in [0.1, 0.15) is 10.4 Å². The Morgan fingerprint density at radius 2 is 1.52 bits per heavy atom. The zero-order chi connectivity index (χ0) is 15.2. The van der Waals surface area contributed by atoms with E-state index < -0.39 is 5.97 Å². The number of ether oxygens (including phenoxy) is 1. The number of carboxylic acid groups (broad SMARTS) is 1. The Morgan fingerprint density at radius 1 is 1.00 bits per heavy atom. The maximum atomic E-state index is 11.2. The molecule has 6 heteroatoms. The minimum Gasteiger partial charge on any atom is -0.478 e. The van der Waals surface area contributed by atoms with Gasteiger partial charge >= 0.3 is 5.97 Å². The highest BCUT2D eigenvalue weighted by atomic mass is 79.9. The number of anilines is 1. The zero-order valence-corrected chi connectivity index (χ0v) is 12.5. The Balaban J connectivity index is 2.02. The maximum absolute atomic E-state index is 11.2. The number of rotatable bonds is 5. The highest BCUT2D eigenvalue weighted by Crippen LogP contribution is 2.23. The Labute approximate surface area is 129 Å². The number of hydrogen-bond acceptors (Lipinski definition) is 3. The molecule has 0 fully saturated rings. The van der Waals surface area contributed by atoms with Crippen LogP contribution in [0.25, 0.3) is 0 Å². The molecule has 0 aliphatic rings. The first kappa shape index (κ1) is 15.1. The molecule has 2 aromatic carbocycles. The van der Waals surface area contributed by atoms with Gasteiger partial charge in [-0.2, -0.15) is 0 Å². The standard InChI is InChI=1S/C15H12BrNO4/c16-9-14(18)17-11-3-7-13(8-4-11)21-12-5-1-10(2-6-12)15(19)20/h1-8H,9H2,(H,17,18)(H,19,20). The van der Waals surface area contributed by atoms with Gasteiger partial charge in [0.05, 0.1) is 10.9 Å². The Kier molecular flexibility index (Phi) is 4.94. The summed E-state index contributed by atoms with van der Waals surface area (Å²) in [4.78, 5) is 21.9. The van der Waals surface area contributed by atoms with Crippen molar-refractivity contribution in [2.24, 2.45) is 0 Å². The molecule has 2 N–H and O–H groups in total. The summed E-state index contributed by atoms with van der Waals surface area (Å²) < 4.78 is 5.58. The lowest BCUT2D eigenvalue weighted by Crippen LogP contribution is -2.11. The number of aromatic carboxylic acids is 1. The molecule has 0 aliphatic heterocycles. The van der Waals surface area contributed by atoms with Crippen molar-refractivity contribution in [3.63, 3.8) is 0 Å². The average molecular weight is 350 g/mol. The van der Waals surface area contributed by atoms with Gasteiger partial charge in [-0.25, -0.2) is 4.79 Å². The lowest BCUT2D eigenvalue weighted by molar-refractivity contribution is -0.113. The van der Waals surface area contributed by atoms with Crippen LogP contribution in [0, 0.1) is 0 Å². The number of carbonyl (C=O) groups is 2. The lowest BCUT2D eigenvalue weighted by atomic mass is 10.2. The molecule has 2 aromatic rings. The molecule has 0 aromatic heterocycles. The maximum Gasteiger partial charge on any atom is 0.335 e. The van der Waals surface area contributed by atoms with Crippen LogP contribution in [0.15, 0.2) is 48.5 Å². The third-order valence-electron chi connectivity index (χ3n) is 2.60. The fourth-order valence-corrected chi connectivity index (χ4v) is 1.74. The van der Waals surface area contributed by atoms with Crippen molar-refractivity contribution >= 4 is 33.5 Å². The SMILES string of the molecule is O=C(CBr)Nc1ccc(Oc2ccc(C(=O)O)cc2)cc1. The molecule has 0 heterocycles. The number of halogens is 1. The second kappa shape index (κ2) is 6.90. The fraction of sp³-hybridized carbons (Fsp3) is 0.0667. The average Bonchev–Trinajstić information content (AvgIpc) is 2.49. The van der Waals surface area contributed by atoms with Crippen LogP contribution >= 0.6 is 15.9 Å². The van der Waals surface area contributed by atoms with Gasteiger partial charge in [0.2, 0.25) is 5.91 Å². The highest BCUT2D eigenvalue weighted by Gasteiger charge is 2.04. The summed E-state index contributed by atoms with van der Waals surface area (Å²) >= 11 is 3.07. The summed E-state index contributed by atoms with van der Waals surface area (Å²) in [5.74, 6) is 0.0218. The van der Waals surface area contributed by atoms with Crippen LogP contribution in [-0.2, 0) is 4.79 Å². The molecule has 0 saturated carbocycles. The van der Waals surface area contributed by atoms with E-state index in [1.54, 1.807) is 36.4 Å². The molecule has 0 radical (unpaired) electrons. The number of carbonyl (C=O) groups excluding carboxylic acids is 1. The summed E-state index contributed by atoms with van der Waals surface area (Å²) in [5.41, 5.74) is 0.878. The molecule has 0 spiro atoms. The number of benzene rings is 2. The molecule has 0 atom stereocenters. The molecule has 21 heavy (non-hydrogen) atoms. The molecule has 5 nitrogen and oxygen atoms in total. The number of alkyl halides is 1. The van der Waals surface area contributed by atoms with Crippen LogP contribution in [0.2, 0.25) is 0 Å². The van der Waals surface area contributed by atoms with Gasteiger partial charge in [0.1, 0.15) is 11.5 Å². The van der Waals surface area contributed by atoms with E-state index >= 15 is 0 Å². The highest BCUT2D eigenvalue weighted by molar-refractivity contribution is 9.09. The molecule has 108 valence electrons. The van der Waals surface area contributed by atoms with Gasteiger partial charge in [-0.3, -0.25) is 4.79 Å². The third-order valence-corrected chi connectivity index (χ3v) is 3.11. The predicted octanol–water partition coefficient (Wildman–Crippen LogP) is 3.51. The van der Waals surface area contributed by atoms with Crippen molar-refractivity contribution in [2.45, 2.75) is 0 Å². The van der Waals surface area contributed by atoms with E-state index in [4.69, 9.17) is 9.84 Å². The molecule has 0 bridgehead atoms. The molecule has 0 aliphatic carbocycles. The van der Waals surface area contributed by atoms with Gasteiger partial charge in [-0.1, -0.05) is 15.9 Å². The summed E-state index contributed by atoms with van der Waals surface area (Å²) in [6.07, 6.45) is 0. The zero-order valence-electron chi connectivity index (χ0n) is 10.9. The second-order valence-electron chi connectivity index (χ2n) is 4.14. The van der Waals surface area contributed by atoms with Gasteiger partial charge in [-0.15, -0.1) is 0 Å². The van der Waals surface area contributed by atoms with Gasteiger partial charge in [0, 0.05) is 5.69 Å². The number of hydrogen-bond donors (Lipinski definition) is 2. The van der Waals surface area contributed by atoms with Gasteiger partial charge in [0.15, 0.2) is 0 Å². The smallest absolute Gasteiger partial charge is 0.335 e. The quantitative estimate of drug-likeness (QED) is 0.810. The molecule has 0 unspecified atom stereocenters. The Morgan fingerprint density at radius 3 is 2.00 bits per heavy atom. The topological polar surface area (TPSA) is 75.6 Å². The summed E-state index contributed by atoms with van der Waals surface area (Å²) in [5, 5.41) is 11.7. The van der Waals surface area contributed by atoms with Crippen molar-refractivity contribution in [1.82, 2.24) is 0 Å². The second-order valence-corrected chi connectivity index (χ2v) is 4.70. The summed E-state index contributed by atoms with van der Waals surface area (Å²) in [6, 6.07) is 13.0. The van der Waals surface area contributed by atoms with E-state index in [0.717, 1.165) is 0 Å². The Hall–Kier alpha value is -2.34. The third kappa shape index (κ3) is 4.32. The largest absolute Gasteiger partial charge is 0.478 e. The fourth-order valence-electron chi connectivity index (χ4n) is 1.60. The normalized spacial score (nSPS) is 9.95. The van der Waals surface area contributed by atoms with Gasteiger partial charge in [0.25, 0.3) is 0 Å². The van der Waals surface area contributed by atoms with Crippen molar-refractivity contribution < 1.29 is 19.4 Å². The van der Waals surface area contributed by atoms with Gasteiger partial charge < -0.3 is 15.2 Å². The van der Waals surface area contributed by atoms with E-state index in [1.807, 2.05) is 0 Å². The number of nitrogens with one attached hydrogen (secondary N) is 1. The van der Waals surface area contributed by atoms with E-state index in [1.165, 1.54) is 12.1 Å². The minimum atomic E-state index is -0.978. The van der Waals surface area contributed by atoms with Crippen LogP contribution < -0.4 is 10.1 Å². The predicted molar refractivity (Wildman–Crippen MR) is 82.3 cm³/mol. The molecular weight excluding hydrogens is 338 g/mol. The van der Waals surface area contributed by atoms with Crippen LogP contribution in [0.3, 0.4) is 0 Å². The van der Waals surface area contributed by atoms with E-state index in [-0.39, 0.29) is 16.8 Å². The van der Waals surface area contributed by atoms with Crippen LogP contribution in [-0.4, -0.2) is 22.3 Å². The van der Waals surface area contributed by atoms with E-state index in [0.29, 0.717) is 17.2 Å². The van der Waals surface area contributed by atoms with Crippen molar-refractivity contribution in [1.29, 1.82) is 0 Å². The van der Waals surface area contributed by atoms with Crippen molar-refractivity contribution in [3.05, 3.63) is 54.1 Å². The lowest BCUT2D eigenvalue weighted by Gasteiger charge is -2.07. The van der Waals surface area contributed by atoms with Crippen molar-refractivity contribution in [2.75, 3.05) is 10.6 Å². The molecule has 2 rings (SSSR count). The van der Waals surface area contributed by atoms with E-state index in [2.05, 4.69) is 21.2 Å². The monoisotopic (exact) mass is 349 g/mol. The van der Waals surface area contributed by atoms with Crippen LogP contribution in [0.4, 0.5) is 5.69 Å². The number of carboxylic acids is 1. The molecule has 0 saturated heterocycles. The van der Waals surface area contributed by atoms with E-state index in [9.17, 15) is 9.59 Å². The number of amides is 1. The first-order valence-corrected chi connectivity index (χ1v) is 7.18. The summed E-state index contributed by atoms with van der Waals surface area (Å²) in [7, 11) is 0. The Bertz CT molecular complexity index is 638.